The summed E-state index contributed by atoms with van der Waals surface area (Å²) in [7, 11) is 0. The summed E-state index contributed by atoms with van der Waals surface area (Å²) < 4.78 is 12.8. The standard InChI is InChI=1S/C16H24FNO/c1-15(2)7-9-16(19,10-8-15)12-18-11-13-3-5-14(17)6-4-13/h3-6,18-19H,7-12H2,1-2H3. The first-order valence-electron chi connectivity index (χ1n) is 7.06. The topological polar surface area (TPSA) is 32.3 Å². The fourth-order valence-electron chi connectivity index (χ4n) is 2.61. The van der Waals surface area contributed by atoms with Gasteiger partial charge in [0.1, 0.15) is 5.82 Å². The van der Waals surface area contributed by atoms with Gasteiger partial charge < -0.3 is 10.4 Å². The van der Waals surface area contributed by atoms with Crippen molar-refractivity contribution in [2.45, 2.75) is 51.7 Å². The molecule has 0 aromatic heterocycles. The summed E-state index contributed by atoms with van der Waals surface area (Å²) in [4.78, 5) is 0. The molecule has 1 aliphatic carbocycles. The van der Waals surface area contributed by atoms with Gasteiger partial charge in [0, 0.05) is 13.1 Å². The molecule has 2 N–H and O–H groups in total. The van der Waals surface area contributed by atoms with Gasteiger partial charge in [0.25, 0.3) is 0 Å². The van der Waals surface area contributed by atoms with Gasteiger partial charge in [-0.2, -0.15) is 0 Å². The molecule has 0 bridgehead atoms. The van der Waals surface area contributed by atoms with Crippen molar-refractivity contribution in [3.63, 3.8) is 0 Å². The lowest BCUT2D eigenvalue weighted by molar-refractivity contribution is -0.0245. The lowest BCUT2D eigenvalue weighted by Crippen LogP contribution is -2.44. The number of aliphatic hydroxyl groups is 1. The van der Waals surface area contributed by atoms with Gasteiger partial charge in [0.15, 0.2) is 0 Å². The molecule has 0 aliphatic heterocycles. The van der Waals surface area contributed by atoms with Crippen molar-refractivity contribution in [2.75, 3.05) is 6.54 Å². The van der Waals surface area contributed by atoms with Gasteiger partial charge in [-0.15, -0.1) is 0 Å². The summed E-state index contributed by atoms with van der Waals surface area (Å²) in [6, 6.07) is 6.48. The molecule has 0 heterocycles. The molecule has 0 amide bonds. The Labute approximate surface area is 115 Å². The molecule has 0 unspecified atom stereocenters. The minimum Gasteiger partial charge on any atom is -0.389 e. The summed E-state index contributed by atoms with van der Waals surface area (Å²) in [6.07, 6.45) is 3.86. The first-order valence-corrected chi connectivity index (χ1v) is 7.06. The normalized spacial score (nSPS) is 21.3. The van der Waals surface area contributed by atoms with E-state index in [1.807, 2.05) is 0 Å². The van der Waals surface area contributed by atoms with Crippen molar-refractivity contribution in [1.29, 1.82) is 0 Å². The molecule has 1 aliphatic rings. The maximum Gasteiger partial charge on any atom is 0.123 e. The number of hydrogen-bond acceptors (Lipinski definition) is 2. The van der Waals surface area contributed by atoms with E-state index in [0.29, 0.717) is 18.5 Å². The minimum atomic E-state index is -0.574. The second kappa shape index (κ2) is 5.59. The van der Waals surface area contributed by atoms with Gasteiger partial charge >= 0.3 is 0 Å². The van der Waals surface area contributed by atoms with Crippen LogP contribution in [0.3, 0.4) is 0 Å². The maximum absolute atomic E-state index is 12.8. The van der Waals surface area contributed by atoms with Crippen LogP contribution in [0.2, 0.25) is 0 Å². The van der Waals surface area contributed by atoms with E-state index in [9.17, 15) is 9.50 Å². The highest BCUT2D eigenvalue weighted by Gasteiger charge is 2.36. The number of rotatable bonds is 4. The molecule has 3 heteroatoms. The van der Waals surface area contributed by atoms with E-state index in [1.165, 1.54) is 12.1 Å². The Morgan fingerprint density at radius 3 is 2.26 bits per heavy atom. The lowest BCUT2D eigenvalue weighted by atomic mass is 9.71. The van der Waals surface area contributed by atoms with Crippen LogP contribution < -0.4 is 5.32 Å². The summed E-state index contributed by atoms with van der Waals surface area (Å²) in [5.74, 6) is -0.211. The van der Waals surface area contributed by atoms with E-state index in [-0.39, 0.29) is 5.82 Å². The van der Waals surface area contributed by atoms with Crippen molar-refractivity contribution >= 4 is 0 Å². The molecular weight excluding hydrogens is 241 g/mol. The van der Waals surface area contributed by atoms with E-state index in [1.54, 1.807) is 12.1 Å². The second-order valence-corrected chi connectivity index (χ2v) is 6.62. The van der Waals surface area contributed by atoms with Crippen LogP contribution in [0.25, 0.3) is 0 Å². The van der Waals surface area contributed by atoms with Crippen molar-refractivity contribution in [3.8, 4) is 0 Å². The summed E-state index contributed by atoms with van der Waals surface area (Å²) >= 11 is 0. The summed E-state index contributed by atoms with van der Waals surface area (Å²) in [5.41, 5.74) is 0.833. The number of halogens is 1. The lowest BCUT2D eigenvalue weighted by Gasteiger charge is -2.40. The molecule has 1 aromatic rings. The molecule has 106 valence electrons. The number of nitrogens with one attached hydrogen (secondary N) is 1. The van der Waals surface area contributed by atoms with Gasteiger partial charge in [-0.25, -0.2) is 4.39 Å². The Balaban J connectivity index is 1.78. The first-order chi connectivity index (χ1) is 8.89. The van der Waals surface area contributed by atoms with Crippen LogP contribution in [-0.2, 0) is 6.54 Å². The Bertz CT molecular complexity index is 403. The quantitative estimate of drug-likeness (QED) is 0.876. The zero-order valence-electron chi connectivity index (χ0n) is 11.9. The van der Waals surface area contributed by atoms with Crippen molar-refractivity contribution in [2.24, 2.45) is 5.41 Å². The number of hydrogen-bond donors (Lipinski definition) is 2. The third-order valence-electron chi connectivity index (χ3n) is 4.23. The Kier molecular flexibility index (Phi) is 4.26. The smallest absolute Gasteiger partial charge is 0.123 e. The van der Waals surface area contributed by atoms with Crippen LogP contribution in [-0.4, -0.2) is 17.3 Å². The predicted molar refractivity (Wildman–Crippen MR) is 75.3 cm³/mol. The fourth-order valence-corrected chi connectivity index (χ4v) is 2.61. The molecule has 1 aromatic carbocycles. The zero-order valence-corrected chi connectivity index (χ0v) is 11.9. The maximum atomic E-state index is 12.8. The highest BCUT2D eigenvalue weighted by Crippen LogP contribution is 2.39. The van der Waals surface area contributed by atoms with Crippen LogP contribution in [0.4, 0.5) is 4.39 Å². The van der Waals surface area contributed by atoms with Crippen molar-refractivity contribution in [3.05, 3.63) is 35.6 Å². The molecular formula is C16H24FNO. The van der Waals surface area contributed by atoms with Gasteiger partial charge in [-0.05, 0) is 48.8 Å². The fraction of sp³-hybridized carbons (Fsp3) is 0.625. The molecule has 0 saturated heterocycles. The van der Waals surface area contributed by atoms with Crippen LogP contribution in [0.1, 0.15) is 45.1 Å². The van der Waals surface area contributed by atoms with E-state index < -0.39 is 5.60 Å². The number of benzene rings is 1. The molecule has 1 fully saturated rings. The third-order valence-corrected chi connectivity index (χ3v) is 4.23. The summed E-state index contributed by atoms with van der Waals surface area (Å²) in [6.45, 7) is 5.81. The van der Waals surface area contributed by atoms with Gasteiger partial charge in [-0.1, -0.05) is 26.0 Å². The van der Waals surface area contributed by atoms with E-state index in [2.05, 4.69) is 19.2 Å². The largest absolute Gasteiger partial charge is 0.389 e. The average molecular weight is 265 g/mol. The Morgan fingerprint density at radius 1 is 1.11 bits per heavy atom. The SMILES string of the molecule is CC1(C)CCC(O)(CNCc2ccc(F)cc2)CC1. The monoisotopic (exact) mass is 265 g/mol. The van der Waals surface area contributed by atoms with Crippen LogP contribution in [0, 0.1) is 11.2 Å². The first kappa shape index (κ1) is 14.5. The molecule has 0 radical (unpaired) electrons. The zero-order chi connectivity index (χ0) is 13.9. The Hall–Kier alpha value is -0.930. The van der Waals surface area contributed by atoms with E-state index in [4.69, 9.17) is 0 Å². The predicted octanol–water partition coefficient (Wildman–Crippen LogP) is 3.25. The Morgan fingerprint density at radius 2 is 1.68 bits per heavy atom. The summed E-state index contributed by atoms with van der Waals surface area (Å²) in [5, 5.41) is 13.8. The van der Waals surface area contributed by atoms with Crippen molar-refractivity contribution < 1.29 is 9.50 Å². The van der Waals surface area contributed by atoms with Crippen molar-refractivity contribution in [1.82, 2.24) is 5.32 Å². The molecule has 2 nitrogen and oxygen atoms in total. The van der Waals surface area contributed by atoms with Gasteiger partial charge in [0.05, 0.1) is 5.60 Å². The van der Waals surface area contributed by atoms with Crippen LogP contribution in [0.5, 0.6) is 0 Å². The molecule has 1 saturated carbocycles. The van der Waals surface area contributed by atoms with E-state index in [0.717, 1.165) is 31.2 Å². The average Bonchev–Trinajstić information content (AvgIpc) is 2.36. The molecule has 0 spiro atoms. The highest BCUT2D eigenvalue weighted by molar-refractivity contribution is 5.15. The molecule has 19 heavy (non-hydrogen) atoms. The van der Waals surface area contributed by atoms with Crippen LogP contribution >= 0.6 is 0 Å². The highest BCUT2D eigenvalue weighted by atomic mass is 19.1. The minimum absolute atomic E-state index is 0.211. The molecule has 0 atom stereocenters. The molecule has 2 rings (SSSR count). The third kappa shape index (κ3) is 4.29. The van der Waals surface area contributed by atoms with Crippen LogP contribution in [0.15, 0.2) is 24.3 Å². The van der Waals surface area contributed by atoms with Gasteiger partial charge in [-0.3, -0.25) is 0 Å². The van der Waals surface area contributed by atoms with E-state index >= 15 is 0 Å². The second-order valence-electron chi connectivity index (χ2n) is 6.62. The van der Waals surface area contributed by atoms with Gasteiger partial charge in [0.2, 0.25) is 0 Å².